The van der Waals surface area contributed by atoms with E-state index in [2.05, 4.69) is 8.77 Å². The van der Waals surface area contributed by atoms with Gasteiger partial charge in [0, 0.05) is 54.7 Å². The molecule has 2 atom stereocenters. The predicted molar refractivity (Wildman–Crippen MR) is 146 cm³/mol. The van der Waals surface area contributed by atoms with Crippen molar-refractivity contribution in [1.29, 1.82) is 0 Å². The van der Waals surface area contributed by atoms with Gasteiger partial charge in [0.2, 0.25) is 4.80 Å². The van der Waals surface area contributed by atoms with Crippen molar-refractivity contribution in [3.8, 4) is 5.75 Å². The van der Waals surface area contributed by atoms with Crippen LogP contribution < -0.4 is 9.54 Å². The summed E-state index contributed by atoms with van der Waals surface area (Å²) in [4.78, 5) is 13.4. The lowest BCUT2D eigenvalue weighted by Crippen LogP contribution is -2.46. The first-order valence-electron chi connectivity index (χ1n) is 12.4. The Labute approximate surface area is 240 Å². The van der Waals surface area contributed by atoms with Crippen LogP contribution in [0.3, 0.4) is 0 Å². The lowest BCUT2D eigenvalue weighted by atomic mass is 9.81. The summed E-state index contributed by atoms with van der Waals surface area (Å²) in [6, 6.07) is 8.54. The lowest BCUT2D eigenvalue weighted by molar-refractivity contribution is 0.0110. The van der Waals surface area contributed by atoms with Crippen LogP contribution in [0.15, 0.2) is 52.0 Å². The number of nitrogens with zero attached hydrogens (tertiary/aromatic N) is 4. The molecule has 0 aliphatic carbocycles. The quantitative estimate of drug-likeness (QED) is 0.382. The van der Waals surface area contributed by atoms with Crippen molar-refractivity contribution in [2.24, 2.45) is 17.4 Å². The van der Waals surface area contributed by atoms with Gasteiger partial charge < -0.3 is 18.9 Å². The zero-order chi connectivity index (χ0) is 29.2. The fraction of sp³-hybridized carbons (Fsp3) is 0.423. The fourth-order valence-electron chi connectivity index (χ4n) is 4.35. The molecule has 0 unspecified atom stereocenters. The molecule has 1 fully saturated rings. The van der Waals surface area contributed by atoms with Crippen LogP contribution in [0.25, 0.3) is 0 Å². The van der Waals surface area contributed by atoms with Crippen LogP contribution in [0.2, 0.25) is 5.02 Å². The number of aryl methyl sites for hydroxylation is 1. The number of sulfonamides is 1. The van der Waals surface area contributed by atoms with Crippen molar-refractivity contribution in [2.45, 2.75) is 43.6 Å². The number of piperidine rings is 1. The van der Waals surface area contributed by atoms with Gasteiger partial charge in [0.15, 0.2) is 11.6 Å². The minimum Gasteiger partial charge on any atom is -0.490 e. The molecule has 14 heteroatoms. The van der Waals surface area contributed by atoms with Gasteiger partial charge in [-0.2, -0.15) is 12.8 Å². The number of carbonyl (C=O) groups is 1. The molecule has 9 nitrogen and oxygen atoms in total. The molecule has 1 aliphatic heterocycles. The van der Waals surface area contributed by atoms with E-state index in [4.69, 9.17) is 21.1 Å². The second-order valence-corrected chi connectivity index (χ2v) is 13.2. The van der Waals surface area contributed by atoms with Gasteiger partial charge in [0.05, 0.1) is 6.61 Å². The number of amides is 1. The number of halogens is 3. The molecule has 2 heterocycles. The van der Waals surface area contributed by atoms with Gasteiger partial charge in [-0.25, -0.2) is 13.6 Å². The van der Waals surface area contributed by atoms with Crippen LogP contribution in [0.5, 0.6) is 5.75 Å². The summed E-state index contributed by atoms with van der Waals surface area (Å²) < 4.78 is 75.2. The molecule has 4 rings (SSSR count). The average molecular weight is 615 g/mol. The highest BCUT2D eigenvalue weighted by molar-refractivity contribution is 7.90. The van der Waals surface area contributed by atoms with Crippen LogP contribution in [0, 0.1) is 17.6 Å². The SMILES string of the molecule is Cn1cns/c1=N/S(=O)(=O)c1cc(F)c(OC[C@H]2CN(C(=O)OC(C)(C)C)CC[C@@H]2c2ccc(Cl)cc2)cc1F. The van der Waals surface area contributed by atoms with E-state index in [0.29, 0.717) is 30.1 Å². The number of hydrogen-bond donors (Lipinski definition) is 0. The Kier molecular flexibility index (Phi) is 8.86. The van der Waals surface area contributed by atoms with Crippen molar-refractivity contribution in [2.75, 3.05) is 19.7 Å². The van der Waals surface area contributed by atoms with Crippen molar-refractivity contribution in [3.05, 3.63) is 69.7 Å². The minimum absolute atomic E-state index is 0.000200. The maximum atomic E-state index is 15.0. The molecule has 0 saturated carbocycles. The van der Waals surface area contributed by atoms with Crippen molar-refractivity contribution in [3.63, 3.8) is 0 Å². The summed E-state index contributed by atoms with van der Waals surface area (Å²) in [7, 11) is -3.03. The molecule has 0 bridgehead atoms. The number of hydrogen-bond acceptors (Lipinski definition) is 7. The van der Waals surface area contributed by atoms with E-state index < -0.39 is 44.0 Å². The Hall–Kier alpha value is -3.03. The van der Waals surface area contributed by atoms with Crippen LogP contribution >= 0.6 is 23.1 Å². The maximum absolute atomic E-state index is 15.0. The van der Waals surface area contributed by atoms with Crippen molar-refractivity contribution < 1.29 is 31.5 Å². The molecule has 2 aromatic carbocycles. The second kappa shape index (κ2) is 11.8. The third-order valence-corrected chi connectivity index (χ3v) is 8.65. The molecule has 216 valence electrons. The van der Waals surface area contributed by atoms with Crippen LogP contribution in [0.1, 0.15) is 38.7 Å². The molecule has 40 heavy (non-hydrogen) atoms. The molecule has 1 amide bonds. The molecule has 1 aromatic heterocycles. The summed E-state index contributed by atoms with van der Waals surface area (Å²) in [5.74, 6) is -3.10. The number of benzene rings is 2. The molecule has 3 aromatic rings. The number of likely N-dealkylation sites (tertiary alicyclic amines) is 1. The molecule has 1 aliphatic rings. The van der Waals surface area contributed by atoms with E-state index in [0.717, 1.165) is 17.1 Å². The normalized spacial score (nSPS) is 18.6. The fourth-order valence-corrected chi connectivity index (χ4v) is 6.35. The molecular weight excluding hydrogens is 586 g/mol. The zero-order valence-corrected chi connectivity index (χ0v) is 24.7. The van der Waals surface area contributed by atoms with Crippen molar-refractivity contribution >= 4 is 39.2 Å². The first-order valence-corrected chi connectivity index (χ1v) is 15.0. The molecule has 0 N–H and O–H groups in total. The predicted octanol–water partition coefficient (Wildman–Crippen LogP) is 5.12. The smallest absolute Gasteiger partial charge is 0.410 e. The highest BCUT2D eigenvalue weighted by Gasteiger charge is 2.35. The minimum atomic E-state index is -4.56. The van der Waals surface area contributed by atoms with Gasteiger partial charge >= 0.3 is 6.09 Å². The Morgan fingerprint density at radius 1 is 1.20 bits per heavy atom. The highest BCUT2D eigenvalue weighted by atomic mass is 35.5. The standard InChI is InChI=1S/C26H29ClF2N4O5S2/c1-26(2,3)38-25(34)33-10-9-19(16-5-7-18(27)8-6-16)17(13-33)14-37-22-11-21(29)23(12-20(22)28)40(35,36)31-24-32(4)15-30-39-24/h5-8,11-12,15,17,19H,9-10,13-14H2,1-4H3/b31-24+/t17-,19-/m1/s1. The Morgan fingerprint density at radius 2 is 1.90 bits per heavy atom. The molecule has 0 radical (unpaired) electrons. The van der Waals surface area contributed by atoms with E-state index in [1.54, 1.807) is 37.8 Å². The molecular formula is C26H29ClF2N4O5S2. The second-order valence-electron chi connectivity index (χ2n) is 10.4. The third kappa shape index (κ3) is 7.18. The Bertz CT molecular complexity index is 1550. The summed E-state index contributed by atoms with van der Waals surface area (Å²) in [6.07, 6.45) is 1.45. The van der Waals surface area contributed by atoms with Gasteiger partial charge in [0.1, 0.15) is 22.6 Å². The zero-order valence-electron chi connectivity index (χ0n) is 22.3. The summed E-state index contributed by atoms with van der Waals surface area (Å²) >= 11 is 6.85. The summed E-state index contributed by atoms with van der Waals surface area (Å²) in [6.45, 7) is 5.95. The van der Waals surface area contributed by atoms with Crippen LogP contribution in [-0.2, 0) is 21.8 Å². The van der Waals surface area contributed by atoms with Crippen LogP contribution in [0.4, 0.5) is 13.6 Å². The van der Waals surface area contributed by atoms with E-state index in [9.17, 15) is 17.6 Å². The number of ether oxygens (including phenoxy) is 2. The maximum Gasteiger partial charge on any atom is 0.410 e. The third-order valence-electron chi connectivity index (χ3n) is 6.26. The Morgan fingerprint density at radius 3 is 2.52 bits per heavy atom. The van der Waals surface area contributed by atoms with Gasteiger partial charge in [-0.1, -0.05) is 23.7 Å². The monoisotopic (exact) mass is 614 g/mol. The highest BCUT2D eigenvalue weighted by Crippen LogP contribution is 2.35. The van der Waals surface area contributed by atoms with Crippen molar-refractivity contribution in [1.82, 2.24) is 13.8 Å². The molecule has 0 spiro atoms. The van der Waals surface area contributed by atoms with E-state index in [-0.39, 0.29) is 29.8 Å². The lowest BCUT2D eigenvalue weighted by Gasteiger charge is -2.39. The number of aromatic nitrogens is 2. The first-order chi connectivity index (χ1) is 18.7. The van der Waals surface area contributed by atoms with Gasteiger partial charge in [-0.05, 0) is 50.8 Å². The number of rotatable bonds is 6. The van der Waals surface area contributed by atoms with Gasteiger partial charge in [-0.3, -0.25) is 0 Å². The summed E-state index contributed by atoms with van der Waals surface area (Å²) in [5, 5.41) is 0.575. The average Bonchev–Trinajstić information content (AvgIpc) is 3.27. The van der Waals surface area contributed by atoms with Gasteiger partial charge in [-0.15, -0.1) is 4.40 Å². The van der Waals surface area contributed by atoms with Crippen LogP contribution in [-0.4, -0.2) is 53.6 Å². The van der Waals surface area contributed by atoms with Gasteiger partial charge in [0.25, 0.3) is 10.0 Å². The van der Waals surface area contributed by atoms with E-state index in [1.807, 2.05) is 12.1 Å². The largest absolute Gasteiger partial charge is 0.490 e. The molecule has 1 saturated heterocycles. The van der Waals surface area contributed by atoms with E-state index >= 15 is 4.39 Å². The summed E-state index contributed by atoms with van der Waals surface area (Å²) in [5.41, 5.74) is 0.287. The number of carbonyl (C=O) groups excluding carboxylic acids is 1. The Balaban J connectivity index is 1.57. The van der Waals surface area contributed by atoms with E-state index in [1.165, 1.54) is 17.9 Å². The first kappa shape index (κ1) is 29.9. The topological polar surface area (TPSA) is 103 Å².